The summed E-state index contributed by atoms with van der Waals surface area (Å²) in [7, 11) is 0.490. The quantitative estimate of drug-likeness (QED) is 0.838. The first-order valence-electron chi connectivity index (χ1n) is 5.46. The van der Waals surface area contributed by atoms with Crippen LogP contribution in [0, 0.1) is 6.92 Å². The van der Waals surface area contributed by atoms with Crippen molar-refractivity contribution in [2.75, 3.05) is 13.4 Å². The van der Waals surface area contributed by atoms with Gasteiger partial charge >= 0.3 is 0 Å². The van der Waals surface area contributed by atoms with E-state index >= 15 is 0 Å². The van der Waals surface area contributed by atoms with Gasteiger partial charge in [-0.15, -0.1) is 10.2 Å². The maximum absolute atomic E-state index is 11.5. The summed E-state index contributed by atoms with van der Waals surface area (Å²) in [6.45, 7) is 2.57. The second-order valence-corrected chi connectivity index (χ2v) is 5.28. The van der Waals surface area contributed by atoms with E-state index in [-0.39, 0.29) is 0 Å². The van der Waals surface area contributed by atoms with Crippen molar-refractivity contribution in [3.63, 3.8) is 0 Å². The number of rotatable bonds is 4. The molecule has 1 aromatic heterocycles. The van der Waals surface area contributed by atoms with Gasteiger partial charge < -0.3 is 9.30 Å². The van der Waals surface area contributed by atoms with E-state index in [1.54, 1.807) is 24.3 Å². The molecule has 2 aromatic rings. The Balaban J connectivity index is 2.36. The van der Waals surface area contributed by atoms with Crippen LogP contribution in [0.15, 0.2) is 29.7 Å². The maximum Gasteiger partial charge on any atom is 0.221 e. The lowest BCUT2D eigenvalue weighted by Gasteiger charge is -2.10. The van der Waals surface area contributed by atoms with Gasteiger partial charge in [0.25, 0.3) is 0 Å². The highest BCUT2D eigenvalue weighted by Gasteiger charge is 2.11. The fourth-order valence-corrected chi connectivity index (χ4v) is 2.39. The maximum atomic E-state index is 11.5. The van der Waals surface area contributed by atoms with Gasteiger partial charge in [0.1, 0.15) is 12.1 Å². The number of benzene rings is 1. The van der Waals surface area contributed by atoms with Crippen molar-refractivity contribution >= 4 is 10.8 Å². The molecule has 0 N–H and O–H groups in total. The smallest absolute Gasteiger partial charge is 0.221 e. The summed E-state index contributed by atoms with van der Waals surface area (Å²) in [6.07, 6.45) is 3.17. The number of hydrogen-bond donors (Lipinski definition) is 0. The third-order valence-corrected chi connectivity index (χ3v) is 3.44. The lowest BCUT2D eigenvalue weighted by Crippen LogP contribution is -2.06. The number of methoxy groups -OCH3 is 1. The van der Waals surface area contributed by atoms with E-state index in [9.17, 15) is 4.21 Å². The van der Waals surface area contributed by atoms with Crippen molar-refractivity contribution in [1.82, 2.24) is 14.8 Å². The molecule has 0 saturated heterocycles. The lowest BCUT2D eigenvalue weighted by atomic mass is 10.1. The van der Waals surface area contributed by atoms with Gasteiger partial charge in [0, 0.05) is 11.8 Å². The van der Waals surface area contributed by atoms with Crippen LogP contribution in [0.1, 0.15) is 11.1 Å². The molecule has 0 bridgehead atoms. The molecule has 96 valence electrons. The highest BCUT2D eigenvalue weighted by Crippen LogP contribution is 2.21. The van der Waals surface area contributed by atoms with Gasteiger partial charge in [0.15, 0.2) is 0 Å². The summed E-state index contributed by atoms with van der Waals surface area (Å²) in [5, 5.41) is 8.13. The van der Waals surface area contributed by atoms with Crippen molar-refractivity contribution in [3.8, 4) is 5.75 Å². The highest BCUT2D eigenvalue weighted by molar-refractivity contribution is 7.84. The predicted octanol–water partition coefficient (Wildman–Crippen LogP) is 1.38. The van der Waals surface area contributed by atoms with Gasteiger partial charge in [-0.2, -0.15) is 0 Å². The summed E-state index contributed by atoms with van der Waals surface area (Å²) < 4.78 is 18.6. The number of hydrogen-bond acceptors (Lipinski definition) is 4. The fourth-order valence-electron chi connectivity index (χ4n) is 1.79. The Labute approximate surface area is 108 Å². The number of aromatic nitrogens is 3. The Morgan fingerprint density at radius 2 is 2.22 bits per heavy atom. The van der Waals surface area contributed by atoms with E-state index in [1.807, 2.05) is 25.1 Å². The highest BCUT2D eigenvalue weighted by atomic mass is 32.2. The van der Waals surface area contributed by atoms with Crippen molar-refractivity contribution < 1.29 is 8.95 Å². The Morgan fingerprint density at radius 1 is 1.44 bits per heavy atom. The Morgan fingerprint density at radius 3 is 2.89 bits per heavy atom. The average molecular weight is 265 g/mol. The molecule has 2 rings (SSSR count). The minimum Gasteiger partial charge on any atom is -0.496 e. The summed E-state index contributed by atoms with van der Waals surface area (Å²) in [5.41, 5.74) is 2.17. The second-order valence-electron chi connectivity index (χ2n) is 4.01. The molecule has 1 aromatic carbocycles. The molecule has 5 nitrogen and oxygen atoms in total. The normalized spacial score (nSPS) is 12.4. The average Bonchev–Trinajstić information content (AvgIpc) is 2.77. The topological polar surface area (TPSA) is 57.0 Å². The molecule has 0 unspecified atom stereocenters. The Hall–Kier alpha value is -1.69. The number of ether oxygens (including phenoxy) is 1. The van der Waals surface area contributed by atoms with E-state index in [2.05, 4.69) is 10.2 Å². The monoisotopic (exact) mass is 265 g/mol. The molecule has 0 spiro atoms. The van der Waals surface area contributed by atoms with Crippen LogP contribution in [0.3, 0.4) is 0 Å². The van der Waals surface area contributed by atoms with Gasteiger partial charge in [0.05, 0.1) is 24.5 Å². The largest absolute Gasteiger partial charge is 0.496 e. The van der Waals surface area contributed by atoms with E-state index in [0.29, 0.717) is 11.7 Å². The van der Waals surface area contributed by atoms with Crippen molar-refractivity contribution in [1.29, 1.82) is 0 Å². The van der Waals surface area contributed by atoms with Crippen LogP contribution in [0.4, 0.5) is 0 Å². The first-order chi connectivity index (χ1) is 8.61. The van der Waals surface area contributed by atoms with Crippen molar-refractivity contribution in [2.45, 2.75) is 18.6 Å². The zero-order valence-corrected chi connectivity index (χ0v) is 11.4. The van der Waals surface area contributed by atoms with Crippen LogP contribution >= 0.6 is 0 Å². The minimum absolute atomic E-state index is 0.471. The molecule has 0 saturated carbocycles. The molecule has 0 radical (unpaired) electrons. The Kier molecular flexibility index (Phi) is 3.76. The van der Waals surface area contributed by atoms with Crippen molar-refractivity contribution in [2.24, 2.45) is 0 Å². The molecular weight excluding hydrogens is 250 g/mol. The van der Waals surface area contributed by atoms with E-state index in [0.717, 1.165) is 16.9 Å². The van der Waals surface area contributed by atoms with Crippen LogP contribution in [0.25, 0.3) is 0 Å². The molecule has 0 amide bonds. The molecule has 18 heavy (non-hydrogen) atoms. The molecule has 0 aliphatic carbocycles. The van der Waals surface area contributed by atoms with E-state index < -0.39 is 10.8 Å². The van der Waals surface area contributed by atoms with Gasteiger partial charge in [-0.05, 0) is 13.0 Å². The number of aryl methyl sites for hydroxylation is 1. The molecule has 0 aliphatic rings. The molecule has 0 fully saturated rings. The summed E-state index contributed by atoms with van der Waals surface area (Å²) in [5.74, 6) is 0.808. The molecular formula is C12H15N3O2S. The summed E-state index contributed by atoms with van der Waals surface area (Å²) in [6, 6.07) is 5.96. The first-order valence-corrected chi connectivity index (χ1v) is 7.02. The van der Waals surface area contributed by atoms with Gasteiger partial charge in [0.2, 0.25) is 5.16 Å². The lowest BCUT2D eigenvalue weighted by molar-refractivity contribution is 0.407. The van der Waals surface area contributed by atoms with Gasteiger partial charge in [-0.1, -0.05) is 17.7 Å². The third-order valence-electron chi connectivity index (χ3n) is 2.61. The standard InChI is InChI=1S/C12H15N3O2S/c1-9-4-5-11(17-2)10(6-9)7-15-8-13-14-12(15)18(3)16/h4-6,8H,7H2,1-3H3/t18-/m1/s1. The van der Waals surface area contributed by atoms with Crippen LogP contribution in [-0.4, -0.2) is 32.3 Å². The van der Waals surface area contributed by atoms with Gasteiger partial charge in [-0.25, -0.2) is 0 Å². The van der Waals surface area contributed by atoms with E-state index in [1.165, 1.54) is 0 Å². The second kappa shape index (κ2) is 5.30. The minimum atomic E-state index is -1.15. The number of nitrogens with zero attached hydrogens (tertiary/aromatic N) is 3. The molecule has 1 atom stereocenters. The molecule has 0 aliphatic heterocycles. The molecule has 6 heteroatoms. The fraction of sp³-hybridized carbons (Fsp3) is 0.333. The first kappa shape index (κ1) is 12.8. The summed E-state index contributed by atoms with van der Waals surface area (Å²) in [4.78, 5) is 0. The SMILES string of the molecule is COc1ccc(C)cc1Cn1cnnc1[S@@](C)=O. The van der Waals surface area contributed by atoms with Gasteiger partial charge in [-0.3, -0.25) is 4.21 Å². The van der Waals surface area contributed by atoms with Crippen molar-refractivity contribution in [3.05, 3.63) is 35.7 Å². The summed E-state index contributed by atoms with van der Waals surface area (Å²) >= 11 is 0. The van der Waals surface area contributed by atoms with Crippen LogP contribution in [0.2, 0.25) is 0 Å². The molecule has 1 heterocycles. The Bertz CT molecular complexity index is 580. The third kappa shape index (κ3) is 2.59. The van der Waals surface area contributed by atoms with Crippen LogP contribution < -0.4 is 4.74 Å². The zero-order valence-electron chi connectivity index (χ0n) is 10.6. The van der Waals surface area contributed by atoms with Crippen LogP contribution in [0.5, 0.6) is 5.75 Å². The zero-order chi connectivity index (χ0) is 13.1. The van der Waals surface area contributed by atoms with Crippen LogP contribution in [-0.2, 0) is 17.3 Å². The predicted molar refractivity (Wildman–Crippen MR) is 69.2 cm³/mol. The van der Waals surface area contributed by atoms with E-state index in [4.69, 9.17) is 4.74 Å².